The Morgan fingerprint density at radius 2 is 0.783 bits per heavy atom. The molecule has 0 saturated carbocycles. The first-order chi connectivity index (χ1) is 29.5. The number of aliphatic hydroxyl groups is 2. The summed E-state index contributed by atoms with van der Waals surface area (Å²) < 4.78 is 5.47. The Kier molecular flexibility index (Phi) is 49.1. The smallest absolute Gasteiger partial charge is 0.305 e. The van der Waals surface area contributed by atoms with Crippen LogP contribution in [0.15, 0.2) is 12.2 Å². The highest BCUT2D eigenvalue weighted by molar-refractivity contribution is 5.76. The van der Waals surface area contributed by atoms with Crippen LogP contribution in [-0.2, 0) is 14.3 Å². The second-order valence-electron chi connectivity index (χ2n) is 18.6. The molecule has 0 saturated heterocycles. The number of carbonyl (C=O) groups excluding carboxylic acids is 2. The summed E-state index contributed by atoms with van der Waals surface area (Å²) in [5, 5.41) is 23.2. The van der Waals surface area contributed by atoms with Crippen molar-refractivity contribution in [2.24, 2.45) is 0 Å². The van der Waals surface area contributed by atoms with Crippen molar-refractivity contribution < 1.29 is 24.5 Å². The van der Waals surface area contributed by atoms with Gasteiger partial charge >= 0.3 is 5.97 Å². The van der Waals surface area contributed by atoms with Crippen LogP contribution >= 0.6 is 0 Å². The lowest BCUT2D eigenvalue weighted by Gasteiger charge is -2.22. The van der Waals surface area contributed by atoms with E-state index < -0.39 is 12.1 Å². The summed E-state index contributed by atoms with van der Waals surface area (Å²) in [6.07, 6.45) is 57.5. The molecule has 0 rings (SSSR count). The van der Waals surface area contributed by atoms with Gasteiger partial charge in [-0.2, -0.15) is 0 Å². The van der Waals surface area contributed by atoms with E-state index in [1.165, 1.54) is 212 Å². The van der Waals surface area contributed by atoms with Gasteiger partial charge in [-0.3, -0.25) is 9.59 Å². The molecule has 0 bridgehead atoms. The molecule has 1 amide bonds. The number of allylic oxidation sites excluding steroid dienone is 2. The molecule has 2 atom stereocenters. The van der Waals surface area contributed by atoms with Gasteiger partial charge in [0.15, 0.2) is 0 Å². The highest BCUT2D eigenvalue weighted by Crippen LogP contribution is 2.17. The second-order valence-corrected chi connectivity index (χ2v) is 18.6. The molecule has 6 heteroatoms. The number of nitrogens with one attached hydrogen (secondary N) is 1. The molecular weight excluding hydrogens is 743 g/mol. The Morgan fingerprint density at radius 3 is 1.18 bits per heavy atom. The number of amides is 1. The summed E-state index contributed by atoms with van der Waals surface area (Å²) >= 11 is 0. The van der Waals surface area contributed by atoms with Crippen LogP contribution in [0.25, 0.3) is 0 Å². The van der Waals surface area contributed by atoms with Crippen LogP contribution in [0.2, 0.25) is 0 Å². The van der Waals surface area contributed by atoms with Crippen molar-refractivity contribution in [1.82, 2.24) is 5.32 Å². The van der Waals surface area contributed by atoms with E-state index in [0.29, 0.717) is 25.9 Å². The van der Waals surface area contributed by atoms with Crippen LogP contribution < -0.4 is 5.32 Å². The number of hydrogen-bond donors (Lipinski definition) is 3. The Labute approximate surface area is 374 Å². The van der Waals surface area contributed by atoms with Gasteiger partial charge in [-0.1, -0.05) is 244 Å². The standard InChI is InChI=1S/C54H105NO5/c1-3-5-7-9-11-13-15-17-18-21-24-28-32-36-40-44-48-54(59)60-49-45-41-37-33-29-25-22-19-20-23-27-31-35-39-43-47-53(58)55-51(50-56)52(57)46-42-38-34-30-26-16-14-12-10-8-6-4-2/h18,21,51-52,56-57H,3-17,19-20,22-50H2,1-2H3,(H,55,58)/b21-18-. The predicted molar refractivity (Wildman–Crippen MR) is 260 cm³/mol. The Hall–Kier alpha value is -1.40. The summed E-state index contributed by atoms with van der Waals surface area (Å²) in [7, 11) is 0. The van der Waals surface area contributed by atoms with Gasteiger partial charge in [-0.15, -0.1) is 0 Å². The van der Waals surface area contributed by atoms with Crippen molar-refractivity contribution in [2.75, 3.05) is 13.2 Å². The first-order valence-electron chi connectivity index (χ1n) is 26.9. The van der Waals surface area contributed by atoms with Crippen molar-refractivity contribution in [2.45, 2.75) is 309 Å². The zero-order valence-electron chi connectivity index (χ0n) is 40.5. The van der Waals surface area contributed by atoms with Gasteiger partial charge < -0.3 is 20.3 Å². The van der Waals surface area contributed by atoms with E-state index in [4.69, 9.17) is 4.74 Å². The maximum absolute atomic E-state index is 12.4. The molecule has 60 heavy (non-hydrogen) atoms. The molecule has 0 aliphatic carbocycles. The monoisotopic (exact) mass is 848 g/mol. The van der Waals surface area contributed by atoms with Gasteiger partial charge in [-0.25, -0.2) is 0 Å². The third-order valence-corrected chi connectivity index (χ3v) is 12.6. The number of ether oxygens (including phenoxy) is 1. The molecule has 0 aromatic carbocycles. The van der Waals surface area contributed by atoms with Gasteiger partial charge in [0.25, 0.3) is 0 Å². The van der Waals surface area contributed by atoms with Gasteiger partial charge in [0.05, 0.1) is 25.4 Å². The molecule has 0 fully saturated rings. The summed E-state index contributed by atoms with van der Waals surface area (Å²) in [5.74, 6) is -0.0500. The maximum atomic E-state index is 12.4. The second kappa shape index (κ2) is 50.2. The van der Waals surface area contributed by atoms with Crippen molar-refractivity contribution in [1.29, 1.82) is 0 Å². The Bertz CT molecular complexity index is 893. The molecule has 0 heterocycles. The van der Waals surface area contributed by atoms with Crippen molar-refractivity contribution in [3.05, 3.63) is 12.2 Å². The number of esters is 1. The number of aliphatic hydroxyl groups excluding tert-OH is 2. The number of rotatable bonds is 50. The number of unbranched alkanes of at least 4 members (excludes halogenated alkanes) is 37. The molecule has 0 aromatic heterocycles. The van der Waals surface area contributed by atoms with E-state index in [0.717, 1.165) is 51.4 Å². The van der Waals surface area contributed by atoms with E-state index in [1.807, 2.05) is 0 Å². The van der Waals surface area contributed by atoms with Crippen LogP contribution in [0.5, 0.6) is 0 Å². The lowest BCUT2D eigenvalue weighted by Crippen LogP contribution is -2.45. The number of carbonyl (C=O) groups is 2. The summed E-state index contributed by atoms with van der Waals surface area (Å²) in [5.41, 5.74) is 0. The molecule has 0 aliphatic rings. The average Bonchev–Trinajstić information content (AvgIpc) is 3.25. The van der Waals surface area contributed by atoms with E-state index in [9.17, 15) is 19.8 Å². The highest BCUT2D eigenvalue weighted by Gasteiger charge is 2.20. The average molecular weight is 848 g/mol. The fourth-order valence-corrected chi connectivity index (χ4v) is 8.40. The first kappa shape index (κ1) is 58.6. The molecular formula is C54H105NO5. The molecule has 356 valence electrons. The fourth-order valence-electron chi connectivity index (χ4n) is 8.40. The lowest BCUT2D eigenvalue weighted by atomic mass is 10.0. The normalized spacial score (nSPS) is 12.7. The Morgan fingerprint density at radius 1 is 0.450 bits per heavy atom. The van der Waals surface area contributed by atoms with Crippen molar-refractivity contribution in [3.8, 4) is 0 Å². The van der Waals surface area contributed by atoms with Gasteiger partial charge in [0, 0.05) is 12.8 Å². The van der Waals surface area contributed by atoms with Gasteiger partial charge in [0.1, 0.15) is 0 Å². The molecule has 3 N–H and O–H groups in total. The van der Waals surface area contributed by atoms with Crippen molar-refractivity contribution >= 4 is 11.9 Å². The molecule has 0 aromatic rings. The van der Waals surface area contributed by atoms with E-state index in [-0.39, 0.29) is 18.5 Å². The largest absolute Gasteiger partial charge is 0.466 e. The van der Waals surface area contributed by atoms with Crippen LogP contribution in [0.3, 0.4) is 0 Å². The van der Waals surface area contributed by atoms with Crippen LogP contribution in [0.1, 0.15) is 296 Å². The van der Waals surface area contributed by atoms with Gasteiger partial charge in [0.2, 0.25) is 5.91 Å². The molecule has 2 unspecified atom stereocenters. The maximum Gasteiger partial charge on any atom is 0.305 e. The topological polar surface area (TPSA) is 95.9 Å². The van der Waals surface area contributed by atoms with E-state index in [2.05, 4.69) is 31.3 Å². The van der Waals surface area contributed by atoms with Crippen LogP contribution in [0, 0.1) is 0 Å². The number of hydrogen-bond acceptors (Lipinski definition) is 5. The molecule has 0 radical (unpaired) electrons. The first-order valence-corrected chi connectivity index (χ1v) is 26.9. The summed E-state index contributed by atoms with van der Waals surface area (Å²) in [6, 6.07) is -0.546. The van der Waals surface area contributed by atoms with E-state index in [1.54, 1.807) is 0 Å². The molecule has 6 nitrogen and oxygen atoms in total. The third kappa shape index (κ3) is 46.1. The van der Waals surface area contributed by atoms with Gasteiger partial charge in [-0.05, 0) is 51.4 Å². The fraction of sp³-hybridized carbons (Fsp3) is 0.926. The predicted octanol–water partition coefficient (Wildman–Crippen LogP) is 16.1. The minimum absolute atomic E-state index is 0.00645. The quantitative estimate of drug-likeness (QED) is 0.0322. The summed E-state index contributed by atoms with van der Waals surface area (Å²) in [4.78, 5) is 24.5. The highest BCUT2D eigenvalue weighted by atomic mass is 16.5. The zero-order valence-corrected chi connectivity index (χ0v) is 40.5. The van der Waals surface area contributed by atoms with Crippen LogP contribution in [-0.4, -0.2) is 47.4 Å². The zero-order chi connectivity index (χ0) is 43.7. The summed E-state index contributed by atoms with van der Waals surface area (Å²) in [6.45, 7) is 4.93. The molecule has 0 aliphatic heterocycles. The minimum Gasteiger partial charge on any atom is -0.466 e. The Balaban J connectivity index is 3.41. The minimum atomic E-state index is -0.668. The van der Waals surface area contributed by atoms with Crippen LogP contribution in [0.4, 0.5) is 0 Å². The lowest BCUT2D eigenvalue weighted by molar-refractivity contribution is -0.143. The third-order valence-electron chi connectivity index (χ3n) is 12.6. The van der Waals surface area contributed by atoms with E-state index >= 15 is 0 Å². The van der Waals surface area contributed by atoms with Crippen molar-refractivity contribution in [3.63, 3.8) is 0 Å². The molecule has 0 spiro atoms. The SMILES string of the molecule is CCCCCCCCC/C=C\CCCCCCCC(=O)OCCCCCCCCCCCCCCCCCC(=O)NC(CO)C(O)CCCCCCCCCCCCCC.